The van der Waals surface area contributed by atoms with Gasteiger partial charge in [0.05, 0.1) is 0 Å². The molecule has 0 aliphatic heterocycles. The van der Waals surface area contributed by atoms with Crippen molar-refractivity contribution in [3.05, 3.63) is 144 Å². The number of benzene rings is 4. The molecule has 8 heteroatoms. The highest BCUT2D eigenvalue weighted by atomic mass is 19.1. The first-order valence-corrected chi connectivity index (χ1v) is 16.6. The van der Waals surface area contributed by atoms with E-state index in [-0.39, 0.29) is 36.4 Å². The quantitative estimate of drug-likeness (QED) is 0.153. The molecule has 0 fully saturated rings. The number of likely N-dealkylation sites (N-methyl/N-ethyl adjacent to an activating group) is 2. The fraction of sp³-hybridized carbons (Fsp3) is 0.293. The first-order chi connectivity index (χ1) is 23.4. The number of nitrogens with two attached hydrogens (primary N) is 1. The first-order valence-electron chi connectivity index (χ1n) is 16.6. The van der Waals surface area contributed by atoms with Crippen molar-refractivity contribution in [1.82, 2.24) is 15.1 Å². The molecule has 0 spiro atoms. The second-order valence-corrected chi connectivity index (χ2v) is 13.1. The Balaban J connectivity index is 1.60. The predicted molar refractivity (Wildman–Crippen MR) is 194 cm³/mol. The third-order valence-corrected chi connectivity index (χ3v) is 8.51. The molecule has 3 amide bonds. The molecule has 4 aromatic rings. The predicted octanol–water partition coefficient (Wildman–Crippen LogP) is 5.97. The Morgan fingerprint density at radius 3 is 1.86 bits per heavy atom. The van der Waals surface area contributed by atoms with E-state index in [1.165, 1.54) is 28.0 Å². The van der Waals surface area contributed by atoms with Crippen LogP contribution in [0.3, 0.4) is 0 Å². The molecule has 0 aliphatic rings. The second kappa shape index (κ2) is 17.4. The highest BCUT2D eigenvalue weighted by Gasteiger charge is 2.34. The highest BCUT2D eigenvalue weighted by molar-refractivity contribution is 5.95. The first kappa shape index (κ1) is 36.8. The molecule has 0 saturated carbocycles. The lowest BCUT2D eigenvalue weighted by Gasteiger charge is -2.34. The lowest BCUT2D eigenvalue weighted by atomic mass is 9.98. The minimum atomic E-state index is -0.913. The van der Waals surface area contributed by atoms with Gasteiger partial charge in [-0.3, -0.25) is 14.4 Å². The summed E-state index contributed by atoms with van der Waals surface area (Å²) in [6.07, 6.45) is 4.67. The Bertz CT molecular complexity index is 1690. The summed E-state index contributed by atoms with van der Waals surface area (Å²) in [4.78, 5) is 44.5. The van der Waals surface area contributed by atoms with Gasteiger partial charge in [0.25, 0.3) is 0 Å². The van der Waals surface area contributed by atoms with E-state index in [0.717, 1.165) is 22.3 Å². The van der Waals surface area contributed by atoms with Crippen LogP contribution in [-0.4, -0.2) is 65.8 Å². The van der Waals surface area contributed by atoms with Crippen LogP contribution in [0.2, 0.25) is 0 Å². The van der Waals surface area contributed by atoms with E-state index < -0.39 is 17.6 Å². The molecule has 0 unspecified atom stereocenters. The molecule has 0 heterocycles. The molecule has 3 N–H and O–H groups in total. The van der Waals surface area contributed by atoms with E-state index in [9.17, 15) is 18.8 Å². The van der Waals surface area contributed by atoms with Crippen molar-refractivity contribution in [1.29, 1.82) is 0 Å². The maximum absolute atomic E-state index is 14.4. The van der Waals surface area contributed by atoms with Gasteiger partial charge in [-0.25, -0.2) is 4.39 Å². The summed E-state index contributed by atoms with van der Waals surface area (Å²) < 4.78 is 13.8. The van der Waals surface area contributed by atoms with Crippen LogP contribution in [0.5, 0.6) is 0 Å². The molecule has 7 nitrogen and oxygen atoms in total. The number of halogens is 1. The smallest absolute Gasteiger partial charge is 0.246 e. The zero-order valence-corrected chi connectivity index (χ0v) is 28.8. The second-order valence-electron chi connectivity index (χ2n) is 13.1. The molecule has 4 aromatic carbocycles. The number of hydrogen-bond acceptors (Lipinski definition) is 4. The van der Waals surface area contributed by atoms with Crippen LogP contribution in [0.15, 0.2) is 121 Å². The van der Waals surface area contributed by atoms with Gasteiger partial charge in [0, 0.05) is 39.0 Å². The summed E-state index contributed by atoms with van der Waals surface area (Å²) in [7, 11) is 3.19. The maximum atomic E-state index is 14.4. The van der Waals surface area contributed by atoms with Crippen LogP contribution in [0.4, 0.5) is 4.39 Å². The van der Waals surface area contributed by atoms with Crippen LogP contribution < -0.4 is 11.1 Å². The number of carbonyl (C=O) groups excluding carboxylic acids is 3. The van der Waals surface area contributed by atoms with Crippen molar-refractivity contribution >= 4 is 17.7 Å². The fourth-order valence-electron chi connectivity index (χ4n) is 5.54. The van der Waals surface area contributed by atoms with Gasteiger partial charge >= 0.3 is 0 Å². The minimum Gasteiger partial charge on any atom is -0.354 e. The van der Waals surface area contributed by atoms with E-state index in [4.69, 9.17) is 5.73 Å². The SMILES string of the molecule is CN(C(=O)/C=C/CC(C)(C)N)[C@H](Cc1ccc(-c2ccccc2)cc1)C(=O)N(C)[C@H](Cc1ccc(F)cc1)C(=O)NCCc1ccccc1. The van der Waals surface area contributed by atoms with Gasteiger partial charge in [-0.05, 0) is 72.7 Å². The summed E-state index contributed by atoms with van der Waals surface area (Å²) in [6, 6.07) is 31.8. The van der Waals surface area contributed by atoms with Crippen LogP contribution in [0.1, 0.15) is 37.0 Å². The topological polar surface area (TPSA) is 95.7 Å². The van der Waals surface area contributed by atoms with Crippen LogP contribution in [-0.2, 0) is 33.6 Å². The molecule has 256 valence electrons. The van der Waals surface area contributed by atoms with Gasteiger partial charge < -0.3 is 20.9 Å². The van der Waals surface area contributed by atoms with E-state index in [0.29, 0.717) is 24.9 Å². The van der Waals surface area contributed by atoms with E-state index >= 15 is 0 Å². The Morgan fingerprint density at radius 2 is 1.27 bits per heavy atom. The van der Waals surface area contributed by atoms with Gasteiger partial charge in [-0.2, -0.15) is 0 Å². The average molecular weight is 663 g/mol. The molecule has 0 aliphatic carbocycles. The lowest BCUT2D eigenvalue weighted by Crippen LogP contribution is -2.56. The van der Waals surface area contributed by atoms with Crippen LogP contribution in [0.25, 0.3) is 11.1 Å². The summed E-state index contributed by atoms with van der Waals surface area (Å²) in [5.74, 6) is -1.46. The molecule has 0 radical (unpaired) electrons. The average Bonchev–Trinajstić information content (AvgIpc) is 3.10. The molecule has 0 aromatic heterocycles. The van der Waals surface area contributed by atoms with Crippen molar-refractivity contribution in [3.63, 3.8) is 0 Å². The molecular formula is C41H47FN4O3. The zero-order valence-electron chi connectivity index (χ0n) is 28.8. The Labute approximate surface area is 289 Å². The van der Waals surface area contributed by atoms with E-state index in [1.54, 1.807) is 32.3 Å². The molecule has 49 heavy (non-hydrogen) atoms. The number of carbonyl (C=O) groups is 3. The number of hydrogen-bond donors (Lipinski definition) is 2. The monoisotopic (exact) mass is 662 g/mol. The summed E-state index contributed by atoms with van der Waals surface area (Å²) in [5, 5.41) is 2.99. The Hall–Kier alpha value is -5.08. The number of rotatable bonds is 15. The fourth-order valence-corrected chi connectivity index (χ4v) is 5.54. The molecule has 4 rings (SSSR count). The standard InChI is InChI=1S/C41H47FN4O3/c1-41(2,43)26-11-16-38(47)45(3)37(29-31-17-21-34(22-18-31)33-14-9-6-10-15-33)40(49)46(4)36(28-32-19-23-35(42)24-20-32)39(48)44-27-25-30-12-7-5-8-13-30/h5-24,36-37H,25-29,43H2,1-4H3,(H,44,48)/b16-11+/t36-,37-/m1/s1. The summed E-state index contributed by atoms with van der Waals surface area (Å²) >= 11 is 0. The minimum absolute atomic E-state index is 0.168. The molecule has 0 bridgehead atoms. The molecule has 2 atom stereocenters. The van der Waals surface area contributed by atoms with Crippen molar-refractivity contribution in [2.24, 2.45) is 5.73 Å². The van der Waals surface area contributed by atoms with Crippen LogP contribution >= 0.6 is 0 Å². The van der Waals surface area contributed by atoms with Crippen molar-refractivity contribution in [3.8, 4) is 11.1 Å². The van der Waals surface area contributed by atoms with E-state index in [2.05, 4.69) is 5.32 Å². The lowest BCUT2D eigenvalue weighted by molar-refractivity contribution is -0.146. The third kappa shape index (κ3) is 11.3. The summed E-state index contributed by atoms with van der Waals surface area (Å²) in [5.41, 5.74) is 10.4. The Morgan fingerprint density at radius 1 is 0.735 bits per heavy atom. The maximum Gasteiger partial charge on any atom is 0.246 e. The normalized spacial score (nSPS) is 12.7. The van der Waals surface area contributed by atoms with Gasteiger partial charge in [-0.15, -0.1) is 0 Å². The summed E-state index contributed by atoms with van der Waals surface area (Å²) in [6.45, 7) is 4.12. The number of nitrogens with zero attached hydrogens (tertiary/aromatic N) is 2. The van der Waals surface area contributed by atoms with Gasteiger partial charge in [-0.1, -0.05) is 103 Å². The van der Waals surface area contributed by atoms with E-state index in [1.807, 2.05) is 98.8 Å². The zero-order chi connectivity index (χ0) is 35.4. The Kier molecular flexibility index (Phi) is 13.0. The van der Waals surface area contributed by atoms with Gasteiger partial charge in [0.1, 0.15) is 17.9 Å². The van der Waals surface area contributed by atoms with Crippen LogP contribution in [0, 0.1) is 5.82 Å². The van der Waals surface area contributed by atoms with Gasteiger partial charge in [0.2, 0.25) is 17.7 Å². The van der Waals surface area contributed by atoms with Crippen molar-refractivity contribution in [2.75, 3.05) is 20.6 Å². The van der Waals surface area contributed by atoms with Crippen molar-refractivity contribution < 1.29 is 18.8 Å². The number of nitrogens with one attached hydrogen (secondary N) is 1. The largest absolute Gasteiger partial charge is 0.354 e. The number of amides is 3. The molecular weight excluding hydrogens is 615 g/mol. The molecule has 0 saturated heterocycles. The van der Waals surface area contributed by atoms with Crippen molar-refractivity contribution in [2.45, 2.75) is 57.2 Å². The third-order valence-electron chi connectivity index (χ3n) is 8.51. The highest BCUT2D eigenvalue weighted by Crippen LogP contribution is 2.22. The van der Waals surface area contributed by atoms with Gasteiger partial charge in [0.15, 0.2) is 0 Å².